The van der Waals surface area contributed by atoms with Crippen molar-refractivity contribution in [2.45, 2.75) is 10.8 Å². The summed E-state index contributed by atoms with van der Waals surface area (Å²) in [6.45, 7) is 0. The van der Waals surface area contributed by atoms with Crippen LogP contribution in [0.5, 0.6) is 0 Å². The molecule has 0 saturated carbocycles. The van der Waals surface area contributed by atoms with Gasteiger partial charge in [0.25, 0.3) is 5.69 Å². The Morgan fingerprint density at radius 1 is 1.26 bits per heavy atom. The van der Waals surface area contributed by atoms with Gasteiger partial charge in [-0.15, -0.1) is 11.8 Å². The van der Waals surface area contributed by atoms with Gasteiger partial charge in [-0.05, 0) is 11.6 Å². The lowest BCUT2D eigenvalue weighted by Gasteiger charge is -2.04. The second-order valence-corrected chi connectivity index (χ2v) is 5.41. The van der Waals surface area contributed by atoms with Crippen molar-refractivity contribution in [2.75, 3.05) is 0 Å². The Balaban J connectivity index is 2.16. The molecule has 0 spiro atoms. The molecule has 0 saturated heterocycles. The molecular formula is C12H8Cl2N2O2S. The Hall–Kier alpha value is -1.30. The predicted molar refractivity (Wildman–Crippen MR) is 76.9 cm³/mol. The molecular weight excluding hydrogens is 307 g/mol. The highest BCUT2D eigenvalue weighted by atomic mass is 35.5. The summed E-state index contributed by atoms with van der Waals surface area (Å²) < 4.78 is 0. The molecule has 19 heavy (non-hydrogen) atoms. The number of rotatable bonds is 4. The van der Waals surface area contributed by atoms with Crippen LogP contribution in [-0.4, -0.2) is 9.91 Å². The Morgan fingerprint density at radius 3 is 2.68 bits per heavy atom. The molecule has 2 aromatic rings. The van der Waals surface area contributed by atoms with Crippen molar-refractivity contribution in [3.63, 3.8) is 0 Å². The maximum absolute atomic E-state index is 10.7. The van der Waals surface area contributed by atoms with Crippen LogP contribution in [0.15, 0.2) is 41.4 Å². The molecule has 98 valence electrons. The molecule has 0 aliphatic rings. The van der Waals surface area contributed by atoms with Gasteiger partial charge in [-0.25, -0.2) is 4.98 Å². The topological polar surface area (TPSA) is 56.0 Å². The second-order valence-electron chi connectivity index (χ2n) is 3.62. The summed E-state index contributed by atoms with van der Waals surface area (Å²) in [5, 5.41) is 12.0. The Kier molecular flexibility index (Phi) is 4.63. The Morgan fingerprint density at radius 2 is 2.00 bits per heavy atom. The first kappa shape index (κ1) is 14.1. The highest BCUT2D eigenvalue weighted by molar-refractivity contribution is 7.98. The average Bonchev–Trinajstić information content (AvgIpc) is 2.37. The lowest BCUT2D eigenvalue weighted by Crippen LogP contribution is -1.91. The fraction of sp³-hybridized carbons (Fsp3) is 0.0833. The number of thioether (sulfide) groups is 1. The molecule has 0 bridgehead atoms. The minimum Gasteiger partial charge on any atom is -0.258 e. The normalized spacial score (nSPS) is 10.4. The zero-order valence-corrected chi connectivity index (χ0v) is 11.9. The third-order valence-corrected chi connectivity index (χ3v) is 3.82. The number of pyridine rings is 1. The molecule has 0 N–H and O–H groups in total. The zero-order chi connectivity index (χ0) is 13.8. The van der Waals surface area contributed by atoms with Gasteiger partial charge in [0.2, 0.25) is 0 Å². The molecule has 4 nitrogen and oxygen atoms in total. The second kappa shape index (κ2) is 6.23. The first-order valence-electron chi connectivity index (χ1n) is 5.24. The summed E-state index contributed by atoms with van der Waals surface area (Å²) in [5.74, 6) is 0.574. The third kappa shape index (κ3) is 3.83. The number of benzene rings is 1. The molecule has 0 fully saturated rings. The van der Waals surface area contributed by atoms with Gasteiger partial charge in [0.05, 0.1) is 11.0 Å². The van der Waals surface area contributed by atoms with Gasteiger partial charge in [0.15, 0.2) is 0 Å². The third-order valence-electron chi connectivity index (χ3n) is 2.30. The highest BCUT2D eigenvalue weighted by Crippen LogP contribution is 2.29. The lowest BCUT2D eigenvalue weighted by molar-refractivity contribution is -0.385. The standard InChI is InChI=1S/C12H8Cl2N2O2S/c13-10-4-2-1-3-8(10)7-19-12-6-9(16(17)18)5-11(14)15-12/h1-6H,7H2. The molecule has 1 aromatic heterocycles. The van der Waals surface area contributed by atoms with Gasteiger partial charge < -0.3 is 0 Å². The van der Waals surface area contributed by atoms with Gasteiger partial charge in [-0.3, -0.25) is 10.1 Å². The maximum atomic E-state index is 10.7. The van der Waals surface area contributed by atoms with Crippen LogP contribution in [0.1, 0.15) is 5.56 Å². The van der Waals surface area contributed by atoms with E-state index < -0.39 is 4.92 Å². The lowest BCUT2D eigenvalue weighted by atomic mass is 10.2. The van der Waals surface area contributed by atoms with Crippen molar-refractivity contribution in [3.8, 4) is 0 Å². The van der Waals surface area contributed by atoms with Gasteiger partial charge in [-0.2, -0.15) is 0 Å². The molecule has 7 heteroatoms. The zero-order valence-electron chi connectivity index (χ0n) is 9.55. The first-order chi connectivity index (χ1) is 9.06. The molecule has 0 aliphatic carbocycles. The largest absolute Gasteiger partial charge is 0.275 e. The first-order valence-corrected chi connectivity index (χ1v) is 6.98. The van der Waals surface area contributed by atoms with E-state index in [1.807, 2.05) is 18.2 Å². The molecule has 2 rings (SSSR count). The van der Waals surface area contributed by atoms with Crippen molar-refractivity contribution >= 4 is 40.7 Å². The number of halogens is 2. The van der Waals surface area contributed by atoms with Crippen LogP contribution in [0.2, 0.25) is 10.2 Å². The number of aromatic nitrogens is 1. The van der Waals surface area contributed by atoms with E-state index in [0.717, 1.165) is 5.56 Å². The van der Waals surface area contributed by atoms with Crippen LogP contribution in [0.25, 0.3) is 0 Å². The van der Waals surface area contributed by atoms with Crippen molar-refractivity contribution in [2.24, 2.45) is 0 Å². The molecule has 0 amide bonds. The SMILES string of the molecule is O=[N+]([O-])c1cc(Cl)nc(SCc2ccccc2Cl)c1. The van der Waals surface area contributed by atoms with Crippen LogP contribution in [0, 0.1) is 10.1 Å². The molecule has 0 aliphatic heterocycles. The van der Waals surface area contributed by atoms with Crippen molar-refractivity contribution in [1.29, 1.82) is 0 Å². The fourth-order valence-electron chi connectivity index (χ4n) is 1.41. The summed E-state index contributed by atoms with van der Waals surface area (Å²) in [4.78, 5) is 14.3. The van der Waals surface area contributed by atoms with Gasteiger partial charge in [0, 0.05) is 16.8 Å². The Labute approximate surface area is 123 Å². The smallest absolute Gasteiger partial charge is 0.258 e. The molecule has 0 radical (unpaired) electrons. The minimum absolute atomic E-state index is 0.0679. The minimum atomic E-state index is -0.493. The van der Waals surface area contributed by atoms with E-state index in [1.54, 1.807) is 6.07 Å². The summed E-state index contributed by atoms with van der Waals surface area (Å²) in [6, 6.07) is 10.0. The van der Waals surface area contributed by atoms with E-state index in [4.69, 9.17) is 23.2 Å². The summed E-state index contributed by atoms with van der Waals surface area (Å²) in [7, 11) is 0. The van der Waals surface area contributed by atoms with E-state index >= 15 is 0 Å². The van der Waals surface area contributed by atoms with Crippen molar-refractivity contribution in [1.82, 2.24) is 4.98 Å². The number of nitrogens with zero attached hydrogens (tertiary/aromatic N) is 2. The van der Waals surface area contributed by atoms with E-state index in [0.29, 0.717) is 15.8 Å². The number of nitro groups is 1. The maximum Gasteiger partial charge on any atom is 0.275 e. The monoisotopic (exact) mass is 314 g/mol. The van der Waals surface area contributed by atoms with E-state index in [9.17, 15) is 10.1 Å². The van der Waals surface area contributed by atoms with Crippen LogP contribution >= 0.6 is 35.0 Å². The summed E-state index contributed by atoms with van der Waals surface area (Å²) >= 11 is 13.1. The van der Waals surface area contributed by atoms with E-state index in [-0.39, 0.29) is 10.8 Å². The number of hydrogen-bond donors (Lipinski definition) is 0. The van der Waals surface area contributed by atoms with Gasteiger partial charge >= 0.3 is 0 Å². The van der Waals surface area contributed by atoms with Gasteiger partial charge in [-0.1, -0.05) is 41.4 Å². The van der Waals surface area contributed by atoms with Crippen molar-refractivity contribution in [3.05, 3.63) is 62.3 Å². The Bertz CT molecular complexity index is 622. The van der Waals surface area contributed by atoms with Crippen LogP contribution in [0.3, 0.4) is 0 Å². The average molecular weight is 315 g/mol. The molecule has 1 aromatic carbocycles. The highest BCUT2D eigenvalue weighted by Gasteiger charge is 2.11. The van der Waals surface area contributed by atoms with Crippen LogP contribution < -0.4 is 0 Å². The predicted octanol–water partition coefficient (Wildman–Crippen LogP) is 4.59. The van der Waals surface area contributed by atoms with Crippen LogP contribution in [-0.2, 0) is 5.75 Å². The van der Waals surface area contributed by atoms with E-state index in [1.165, 1.54) is 23.9 Å². The molecule has 1 heterocycles. The number of hydrogen-bond acceptors (Lipinski definition) is 4. The van der Waals surface area contributed by atoms with Gasteiger partial charge in [0.1, 0.15) is 10.2 Å². The summed E-state index contributed by atoms with van der Waals surface area (Å²) in [6.07, 6.45) is 0. The molecule has 0 atom stereocenters. The van der Waals surface area contributed by atoms with Crippen LogP contribution in [0.4, 0.5) is 5.69 Å². The quantitative estimate of drug-likeness (QED) is 0.358. The van der Waals surface area contributed by atoms with E-state index in [2.05, 4.69) is 4.98 Å². The molecule has 0 unspecified atom stereocenters. The fourth-order valence-corrected chi connectivity index (χ4v) is 2.86. The van der Waals surface area contributed by atoms with Crippen molar-refractivity contribution < 1.29 is 4.92 Å². The summed E-state index contributed by atoms with van der Waals surface area (Å²) in [5.41, 5.74) is 0.875.